The summed E-state index contributed by atoms with van der Waals surface area (Å²) in [4.78, 5) is 34.5. The van der Waals surface area contributed by atoms with E-state index in [1.165, 1.54) is 0 Å². The number of hydrogen-bond donors (Lipinski definition) is 1. The predicted octanol–water partition coefficient (Wildman–Crippen LogP) is 5.00. The van der Waals surface area contributed by atoms with Gasteiger partial charge in [-0.15, -0.1) is 0 Å². The fourth-order valence-electron chi connectivity index (χ4n) is 4.60. The van der Waals surface area contributed by atoms with E-state index in [1.807, 2.05) is 63.8 Å². The summed E-state index contributed by atoms with van der Waals surface area (Å²) in [6.07, 6.45) is 2.45. The van der Waals surface area contributed by atoms with Crippen LogP contribution in [0.4, 0.5) is 10.5 Å². The van der Waals surface area contributed by atoms with Gasteiger partial charge in [-0.05, 0) is 65.5 Å². The molecule has 1 aromatic rings. The van der Waals surface area contributed by atoms with Crippen molar-refractivity contribution in [3.8, 4) is 0 Å². The van der Waals surface area contributed by atoms with Crippen LogP contribution in [0.3, 0.4) is 0 Å². The Balaban J connectivity index is 1.84. The number of aliphatic hydroxyl groups is 1. The number of carbonyl (C=O) groups excluding carboxylic acids is 2. The summed E-state index contributed by atoms with van der Waals surface area (Å²) in [6, 6.07) is 7.84. The van der Waals surface area contributed by atoms with Gasteiger partial charge in [-0.1, -0.05) is 35.9 Å². The summed E-state index contributed by atoms with van der Waals surface area (Å²) in [6.45, 7) is 15.1. The van der Waals surface area contributed by atoms with Crippen LogP contribution in [-0.2, 0) is 14.9 Å². The van der Waals surface area contributed by atoms with Crippen molar-refractivity contribution >= 4 is 23.4 Å². The lowest BCUT2D eigenvalue weighted by Gasteiger charge is -2.46. The number of amides is 2. The molecule has 0 unspecified atom stereocenters. The Hall–Kier alpha value is -2.93. The highest BCUT2D eigenvalue weighted by atomic mass is 16.6. The first kappa shape index (κ1) is 26.7. The molecule has 2 amide bonds. The summed E-state index contributed by atoms with van der Waals surface area (Å²) in [5.41, 5.74) is 5.08. The van der Waals surface area contributed by atoms with Crippen molar-refractivity contribution in [3.05, 3.63) is 53.3 Å². The highest BCUT2D eigenvalue weighted by Gasteiger charge is 2.59. The maximum absolute atomic E-state index is 13.8. The minimum absolute atomic E-state index is 0.000688. The van der Waals surface area contributed by atoms with E-state index < -0.39 is 5.41 Å². The molecule has 1 N–H and O–H groups in total. The van der Waals surface area contributed by atoms with E-state index in [4.69, 9.17) is 14.8 Å². The highest BCUT2D eigenvalue weighted by molar-refractivity contribution is 6.13. The second-order valence-electron chi connectivity index (χ2n) is 10.2. The van der Waals surface area contributed by atoms with Gasteiger partial charge in [-0.25, -0.2) is 4.79 Å². The SMILES string of the molecule is C=C(CCCCO)CC(CN1C(=O)C2(CN(C(=O)OC(C)C)C2)c2ccccc21)=NC(C)=C(C)C. The molecule has 3 rings (SSSR count). The number of anilines is 1. The molecule has 1 aromatic carbocycles. The molecule has 1 saturated heterocycles. The van der Waals surface area contributed by atoms with Gasteiger partial charge in [0.1, 0.15) is 5.41 Å². The van der Waals surface area contributed by atoms with Crippen LogP contribution in [0.25, 0.3) is 0 Å². The molecule has 7 heteroatoms. The first-order valence-corrected chi connectivity index (χ1v) is 12.4. The average Bonchev–Trinajstić information content (AvgIpc) is 3.00. The average molecular weight is 482 g/mol. The largest absolute Gasteiger partial charge is 0.447 e. The lowest BCUT2D eigenvalue weighted by atomic mass is 9.75. The Labute approximate surface area is 209 Å². The van der Waals surface area contributed by atoms with Gasteiger partial charge in [0.2, 0.25) is 5.91 Å². The topological polar surface area (TPSA) is 82.4 Å². The number of likely N-dealkylation sites (tertiary alicyclic amines) is 1. The van der Waals surface area contributed by atoms with Crippen LogP contribution in [0.2, 0.25) is 0 Å². The molecule has 0 radical (unpaired) electrons. The fraction of sp³-hybridized carbons (Fsp3) is 0.536. The molecule has 2 heterocycles. The van der Waals surface area contributed by atoms with Crippen molar-refractivity contribution in [3.63, 3.8) is 0 Å². The summed E-state index contributed by atoms with van der Waals surface area (Å²) in [5.74, 6) is 0.000688. The number of fused-ring (bicyclic) bond motifs is 2. The number of allylic oxidation sites excluding steroid dienone is 3. The summed E-state index contributed by atoms with van der Waals surface area (Å²) >= 11 is 0. The lowest BCUT2D eigenvalue weighted by Crippen LogP contribution is -2.65. The zero-order valence-corrected chi connectivity index (χ0v) is 21.8. The molecule has 7 nitrogen and oxygen atoms in total. The summed E-state index contributed by atoms with van der Waals surface area (Å²) < 4.78 is 5.33. The second kappa shape index (κ2) is 11.2. The van der Waals surface area contributed by atoms with Gasteiger partial charge in [-0.3, -0.25) is 9.79 Å². The molecule has 190 valence electrons. The number of hydrogen-bond acceptors (Lipinski definition) is 5. The monoisotopic (exact) mass is 481 g/mol. The normalized spacial score (nSPS) is 16.4. The minimum Gasteiger partial charge on any atom is -0.447 e. The molecule has 1 spiro atoms. The summed E-state index contributed by atoms with van der Waals surface area (Å²) in [5, 5.41) is 9.09. The molecule has 2 aliphatic heterocycles. The number of para-hydroxylation sites is 1. The molecular weight excluding hydrogens is 442 g/mol. The number of aliphatic imine (C=N–C) groups is 1. The number of carbonyl (C=O) groups is 2. The van der Waals surface area contributed by atoms with Crippen LogP contribution in [-0.4, -0.2) is 60.1 Å². The Morgan fingerprint density at radius 1 is 1.20 bits per heavy atom. The Morgan fingerprint density at radius 2 is 1.89 bits per heavy atom. The standard InChI is InChI=1S/C28H39N3O4/c1-19(2)22(6)29-23(15-21(5)11-9-10-14-32)16-31-25-13-8-7-12-24(25)28(26(31)33)17-30(18-28)27(34)35-20(3)4/h7-8,12-13,20,32H,5,9-11,14-18H2,1-4,6H3. The maximum atomic E-state index is 13.8. The first-order chi connectivity index (χ1) is 16.6. The summed E-state index contributed by atoms with van der Waals surface area (Å²) in [7, 11) is 0. The fourth-order valence-corrected chi connectivity index (χ4v) is 4.60. The molecule has 0 aliphatic carbocycles. The number of rotatable bonds is 10. The third-order valence-electron chi connectivity index (χ3n) is 6.66. The van der Waals surface area contributed by atoms with Crippen molar-refractivity contribution < 1.29 is 19.4 Å². The van der Waals surface area contributed by atoms with Crippen LogP contribution < -0.4 is 4.90 Å². The van der Waals surface area contributed by atoms with Gasteiger partial charge < -0.3 is 19.6 Å². The second-order valence-corrected chi connectivity index (χ2v) is 10.2. The van der Waals surface area contributed by atoms with E-state index >= 15 is 0 Å². The van der Waals surface area contributed by atoms with Crippen LogP contribution in [0.5, 0.6) is 0 Å². The molecule has 35 heavy (non-hydrogen) atoms. The van der Waals surface area contributed by atoms with Crippen LogP contribution in [0.15, 0.2) is 52.7 Å². The van der Waals surface area contributed by atoms with Gasteiger partial charge in [-0.2, -0.15) is 0 Å². The van der Waals surface area contributed by atoms with Crippen molar-refractivity contribution in [1.82, 2.24) is 4.90 Å². The van der Waals surface area contributed by atoms with Crippen molar-refractivity contribution in [2.24, 2.45) is 4.99 Å². The molecule has 0 aromatic heterocycles. The smallest absolute Gasteiger partial charge is 0.410 e. The number of benzene rings is 1. The zero-order valence-electron chi connectivity index (χ0n) is 21.8. The molecule has 0 saturated carbocycles. The quantitative estimate of drug-likeness (QED) is 0.290. The minimum atomic E-state index is -0.735. The molecule has 1 fully saturated rings. The van der Waals surface area contributed by atoms with Gasteiger partial charge >= 0.3 is 6.09 Å². The van der Waals surface area contributed by atoms with E-state index in [-0.39, 0.29) is 24.7 Å². The lowest BCUT2D eigenvalue weighted by molar-refractivity contribution is -0.128. The van der Waals surface area contributed by atoms with Crippen LogP contribution in [0, 0.1) is 0 Å². The van der Waals surface area contributed by atoms with Crippen molar-refractivity contribution in [2.45, 2.75) is 71.8 Å². The number of ether oxygens (including phenoxy) is 1. The molecule has 2 aliphatic rings. The van der Waals surface area contributed by atoms with Gasteiger partial charge in [0, 0.05) is 43.2 Å². The van der Waals surface area contributed by atoms with E-state index in [2.05, 4.69) is 6.58 Å². The molecule has 0 atom stereocenters. The van der Waals surface area contributed by atoms with E-state index in [0.29, 0.717) is 26.1 Å². The first-order valence-electron chi connectivity index (χ1n) is 12.4. The van der Waals surface area contributed by atoms with E-state index in [9.17, 15) is 9.59 Å². The van der Waals surface area contributed by atoms with Gasteiger partial charge in [0.25, 0.3) is 0 Å². The number of unbranched alkanes of at least 4 members (excludes halogenated alkanes) is 1. The van der Waals surface area contributed by atoms with Crippen LogP contribution in [0.1, 0.15) is 65.9 Å². The van der Waals surface area contributed by atoms with Crippen LogP contribution >= 0.6 is 0 Å². The van der Waals surface area contributed by atoms with Gasteiger partial charge in [0.15, 0.2) is 0 Å². The van der Waals surface area contributed by atoms with E-state index in [1.54, 1.807) is 4.90 Å². The van der Waals surface area contributed by atoms with E-state index in [0.717, 1.165) is 53.1 Å². The van der Waals surface area contributed by atoms with Gasteiger partial charge in [0.05, 0.1) is 12.6 Å². The Bertz CT molecular complexity index is 1030. The Morgan fingerprint density at radius 3 is 2.51 bits per heavy atom. The Kier molecular flexibility index (Phi) is 8.54. The van der Waals surface area contributed by atoms with Crippen molar-refractivity contribution in [2.75, 3.05) is 31.1 Å². The molecule has 0 bridgehead atoms. The molecular formula is C28H39N3O4. The number of nitrogens with zero attached hydrogens (tertiary/aromatic N) is 3. The third kappa shape index (κ3) is 5.84. The zero-order chi connectivity index (χ0) is 25.8. The number of aliphatic hydroxyl groups excluding tert-OH is 1. The maximum Gasteiger partial charge on any atom is 0.410 e. The predicted molar refractivity (Wildman–Crippen MR) is 140 cm³/mol. The highest BCUT2D eigenvalue weighted by Crippen LogP contribution is 2.47. The van der Waals surface area contributed by atoms with Crippen molar-refractivity contribution in [1.29, 1.82) is 0 Å². The third-order valence-corrected chi connectivity index (χ3v) is 6.66.